The number of carbonyl (C=O) groups is 1. The van der Waals surface area contributed by atoms with Gasteiger partial charge in [0.1, 0.15) is 5.82 Å². The molecule has 120 valence electrons. The van der Waals surface area contributed by atoms with Crippen LogP contribution in [0.25, 0.3) is 11.1 Å². The third-order valence-corrected chi connectivity index (χ3v) is 3.52. The Morgan fingerprint density at radius 1 is 1.30 bits per heavy atom. The lowest BCUT2D eigenvalue weighted by atomic mass is 10.1. The number of aliphatic imine (C=N–C) groups is 1. The molecule has 1 saturated carbocycles. The van der Waals surface area contributed by atoms with Gasteiger partial charge in [-0.3, -0.25) is 9.79 Å². The number of nitrogen functional groups attached to an aromatic ring is 1. The number of anilines is 1. The summed E-state index contributed by atoms with van der Waals surface area (Å²) in [7, 11) is 3.40. The first-order chi connectivity index (χ1) is 11.2. The van der Waals surface area contributed by atoms with E-state index in [-0.39, 0.29) is 5.91 Å². The lowest BCUT2D eigenvalue weighted by molar-refractivity contribution is -0.121. The minimum absolute atomic E-state index is 0.208. The summed E-state index contributed by atoms with van der Waals surface area (Å²) in [4.78, 5) is 18.6. The fraction of sp³-hybridized carbons (Fsp3) is 0.278. The normalized spacial score (nSPS) is 13.3. The Morgan fingerprint density at radius 2 is 2.00 bits per heavy atom. The zero-order chi connectivity index (χ0) is 16.7. The number of benzene rings is 1. The third kappa shape index (κ3) is 4.92. The fourth-order valence-electron chi connectivity index (χ4n) is 2.07. The van der Waals surface area contributed by atoms with Gasteiger partial charge in [-0.05, 0) is 24.5 Å². The molecule has 0 bridgehead atoms. The Bertz CT molecular complexity index is 679. The molecule has 1 aliphatic carbocycles. The van der Waals surface area contributed by atoms with Crippen LogP contribution in [0.1, 0.15) is 18.4 Å². The van der Waals surface area contributed by atoms with E-state index in [0.717, 1.165) is 29.5 Å². The van der Waals surface area contributed by atoms with E-state index in [4.69, 9.17) is 5.73 Å². The van der Waals surface area contributed by atoms with Crippen molar-refractivity contribution in [3.8, 4) is 11.1 Å². The summed E-state index contributed by atoms with van der Waals surface area (Å²) >= 11 is 0. The van der Waals surface area contributed by atoms with E-state index in [1.54, 1.807) is 26.5 Å². The second-order valence-corrected chi connectivity index (χ2v) is 5.34. The highest BCUT2D eigenvalue weighted by Crippen LogP contribution is 2.28. The van der Waals surface area contributed by atoms with Gasteiger partial charge in [0.05, 0.1) is 0 Å². The van der Waals surface area contributed by atoms with Crippen molar-refractivity contribution in [2.45, 2.75) is 12.8 Å². The van der Waals surface area contributed by atoms with E-state index in [9.17, 15) is 4.79 Å². The monoisotopic (exact) mass is 310 g/mol. The number of hydrogen-bond donors (Lipinski definition) is 2. The second kappa shape index (κ2) is 8.08. The summed E-state index contributed by atoms with van der Waals surface area (Å²) in [5.41, 5.74) is 8.77. The van der Waals surface area contributed by atoms with Crippen molar-refractivity contribution in [2.75, 3.05) is 19.8 Å². The van der Waals surface area contributed by atoms with Crippen LogP contribution < -0.4 is 11.1 Å². The molecule has 0 spiro atoms. The molecule has 3 rings (SSSR count). The van der Waals surface area contributed by atoms with Gasteiger partial charge in [-0.2, -0.15) is 0 Å². The lowest BCUT2D eigenvalue weighted by Gasteiger charge is -2.04. The number of aromatic nitrogens is 1. The Morgan fingerprint density at radius 3 is 2.52 bits per heavy atom. The molecule has 2 aromatic rings. The number of hydrogen-bond acceptors (Lipinski definition) is 4. The Kier molecular flexibility index (Phi) is 5.86. The number of nitrogens with zero attached hydrogens (tertiary/aromatic N) is 2. The molecule has 0 aliphatic heterocycles. The van der Waals surface area contributed by atoms with Crippen molar-refractivity contribution < 1.29 is 4.79 Å². The SMILES string of the molecule is CN=Cc1cc(-c2ccccc2)cnc1N.CNC(=O)C1CC1. The van der Waals surface area contributed by atoms with Crippen LogP contribution in [0.5, 0.6) is 0 Å². The van der Waals surface area contributed by atoms with Crippen LogP contribution in [-0.4, -0.2) is 31.2 Å². The molecule has 1 fully saturated rings. The van der Waals surface area contributed by atoms with Crippen molar-refractivity contribution in [1.82, 2.24) is 10.3 Å². The highest BCUT2D eigenvalue weighted by atomic mass is 16.1. The maximum Gasteiger partial charge on any atom is 0.222 e. The highest BCUT2D eigenvalue weighted by molar-refractivity contribution is 5.87. The molecule has 0 unspecified atom stereocenters. The molecule has 5 nitrogen and oxygen atoms in total. The van der Waals surface area contributed by atoms with Gasteiger partial charge >= 0.3 is 0 Å². The van der Waals surface area contributed by atoms with Crippen LogP contribution in [0.3, 0.4) is 0 Å². The van der Waals surface area contributed by atoms with Crippen LogP contribution >= 0.6 is 0 Å². The van der Waals surface area contributed by atoms with E-state index >= 15 is 0 Å². The van der Waals surface area contributed by atoms with E-state index < -0.39 is 0 Å². The van der Waals surface area contributed by atoms with Gasteiger partial charge in [0.15, 0.2) is 0 Å². The zero-order valence-electron chi connectivity index (χ0n) is 13.5. The molecule has 5 heteroatoms. The molecule has 1 aromatic carbocycles. The Balaban J connectivity index is 0.000000229. The summed E-state index contributed by atoms with van der Waals surface area (Å²) in [6, 6.07) is 12.1. The van der Waals surface area contributed by atoms with Crippen LogP contribution in [-0.2, 0) is 4.79 Å². The number of amides is 1. The Hall–Kier alpha value is -2.69. The number of rotatable bonds is 3. The van der Waals surface area contributed by atoms with Crippen molar-refractivity contribution in [3.05, 3.63) is 48.2 Å². The standard InChI is InChI=1S/C13H13N3.C5H9NO/c1-15-8-12-7-11(9-16-13(12)14)10-5-3-2-4-6-10;1-6-5(7)4-2-3-4/h2-9H,1H3,(H2,14,16);4H,2-3H2,1H3,(H,6,7). The maximum absolute atomic E-state index is 10.5. The van der Waals surface area contributed by atoms with Crippen molar-refractivity contribution in [1.29, 1.82) is 0 Å². The van der Waals surface area contributed by atoms with Crippen LogP contribution in [0, 0.1) is 5.92 Å². The van der Waals surface area contributed by atoms with Crippen LogP contribution in [0.2, 0.25) is 0 Å². The largest absolute Gasteiger partial charge is 0.383 e. The van der Waals surface area contributed by atoms with Gasteiger partial charge in [0.25, 0.3) is 0 Å². The number of nitrogens with one attached hydrogen (secondary N) is 1. The van der Waals surface area contributed by atoms with Crippen molar-refractivity contribution in [3.63, 3.8) is 0 Å². The molecule has 1 aromatic heterocycles. The molecule has 3 N–H and O–H groups in total. The van der Waals surface area contributed by atoms with Gasteiger partial charge in [0, 0.05) is 43.6 Å². The van der Waals surface area contributed by atoms with E-state index in [2.05, 4.69) is 15.3 Å². The summed E-state index contributed by atoms with van der Waals surface area (Å²) in [5.74, 6) is 1.08. The first kappa shape index (κ1) is 16.7. The molecule has 1 aliphatic rings. The van der Waals surface area contributed by atoms with Crippen LogP contribution in [0.15, 0.2) is 47.6 Å². The number of pyridine rings is 1. The minimum Gasteiger partial charge on any atom is -0.383 e. The first-order valence-corrected chi connectivity index (χ1v) is 7.60. The molecule has 0 radical (unpaired) electrons. The Labute approximate surface area is 136 Å². The van der Waals surface area contributed by atoms with E-state index in [0.29, 0.717) is 11.7 Å². The van der Waals surface area contributed by atoms with Crippen molar-refractivity contribution in [2.24, 2.45) is 10.9 Å². The van der Waals surface area contributed by atoms with Crippen molar-refractivity contribution >= 4 is 17.9 Å². The molecular weight excluding hydrogens is 288 g/mol. The predicted octanol–water partition coefficient (Wildman–Crippen LogP) is 2.52. The number of nitrogens with two attached hydrogens (primary N) is 1. The molecular formula is C18H22N4O. The summed E-state index contributed by atoms with van der Waals surface area (Å²) in [6.45, 7) is 0. The minimum atomic E-state index is 0.208. The van der Waals surface area contributed by atoms with E-state index in [1.165, 1.54) is 0 Å². The quantitative estimate of drug-likeness (QED) is 0.855. The maximum atomic E-state index is 10.5. The third-order valence-electron chi connectivity index (χ3n) is 3.52. The summed E-state index contributed by atoms with van der Waals surface area (Å²) in [5, 5.41) is 2.59. The summed E-state index contributed by atoms with van der Waals surface area (Å²) < 4.78 is 0. The average Bonchev–Trinajstić information content (AvgIpc) is 3.43. The van der Waals surface area contributed by atoms with E-state index in [1.807, 2.05) is 36.4 Å². The topological polar surface area (TPSA) is 80.4 Å². The van der Waals surface area contributed by atoms with Crippen LogP contribution in [0.4, 0.5) is 5.82 Å². The number of carbonyl (C=O) groups excluding carboxylic acids is 1. The van der Waals surface area contributed by atoms with Gasteiger partial charge in [-0.25, -0.2) is 4.98 Å². The highest BCUT2D eigenvalue weighted by Gasteiger charge is 2.28. The molecule has 0 saturated heterocycles. The molecule has 1 amide bonds. The first-order valence-electron chi connectivity index (χ1n) is 7.60. The molecule has 0 atom stereocenters. The van der Waals surface area contributed by atoms with Gasteiger partial charge < -0.3 is 11.1 Å². The second-order valence-electron chi connectivity index (χ2n) is 5.34. The van der Waals surface area contributed by atoms with Gasteiger partial charge in [-0.1, -0.05) is 30.3 Å². The smallest absolute Gasteiger partial charge is 0.222 e. The molecule has 23 heavy (non-hydrogen) atoms. The van der Waals surface area contributed by atoms with Gasteiger partial charge in [-0.15, -0.1) is 0 Å². The zero-order valence-corrected chi connectivity index (χ0v) is 13.5. The van der Waals surface area contributed by atoms with Gasteiger partial charge in [0.2, 0.25) is 5.91 Å². The lowest BCUT2D eigenvalue weighted by Crippen LogP contribution is -2.18. The molecule has 1 heterocycles. The summed E-state index contributed by atoms with van der Waals surface area (Å²) in [6.07, 6.45) is 5.69. The predicted molar refractivity (Wildman–Crippen MR) is 94.4 cm³/mol. The fourth-order valence-corrected chi connectivity index (χ4v) is 2.07. The average molecular weight is 310 g/mol.